The first-order valence-corrected chi connectivity index (χ1v) is 13.9. The molecule has 2 bridgehead atoms. The molecular formula is C24H29ClN4O2S2. The fraction of sp³-hybridized carbons (Fsp3) is 0.458. The molecule has 2 aromatic rings. The number of hydrogen-bond donors (Lipinski definition) is 3. The zero-order chi connectivity index (χ0) is 23.0. The summed E-state index contributed by atoms with van der Waals surface area (Å²) >= 11 is 11.8. The molecule has 2 aromatic carbocycles. The molecule has 3 aliphatic rings. The van der Waals surface area contributed by atoms with Crippen LogP contribution in [0.25, 0.3) is 0 Å². The fourth-order valence-corrected chi connectivity index (χ4v) is 7.12. The minimum absolute atomic E-state index is 0.163. The number of rotatable bonds is 6. The van der Waals surface area contributed by atoms with Crippen LogP contribution in [0.3, 0.4) is 0 Å². The standard InChI is InChI=1S/C24H29ClN4O2S2/c25-19-5-1-2-6-20(19)28-33(30,31)18-9-10-23(29-11-3-4-12-29)22(15-18)27-24(32)26-21-14-16-7-8-17(21)13-16/h1-2,5-6,9-10,15-17,21,28H,3-4,7-8,11-14H2,(H2,26,27,32)/t16-,17-,21+/m0/s1. The van der Waals surface area contributed by atoms with Gasteiger partial charge in [-0.2, -0.15) is 0 Å². The van der Waals surface area contributed by atoms with Gasteiger partial charge in [0.2, 0.25) is 0 Å². The number of thiocarbonyl (C=S) groups is 1. The summed E-state index contributed by atoms with van der Waals surface area (Å²) < 4.78 is 28.9. The lowest BCUT2D eigenvalue weighted by Gasteiger charge is -2.27. The fourth-order valence-electron chi connectivity index (χ4n) is 5.51. The second-order valence-electron chi connectivity index (χ2n) is 9.34. The van der Waals surface area contributed by atoms with Crippen LogP contribution < -0.4 is 20.3 Å². The van der Waals surface area contributed by atoms with Gasteiger partial charge in [0, 0.05) is 19.1 Å². The number of nitrogens with zero attached hydrogens (tertiary/aromatic N) is 1. The van der Waals surface area contributed by atoms with Crippen LogP contribution in [0, 0.1) is 11.8 Å². The number of sulfonamides is 1. The smallest absolute Gasteiger partial charge is 0.262 e. The van der Waals surface area contributed by atoms with E-state index in [-0.39, 0.29) is 4.90 Å². The van der Waals surface area contributed by atoms with Crippen LogP contribution in [0.4, 0.5) is 17.1 Å². The monoisotopic (exact) mass is 504 g/mol. The summed E-state index contributed by atoms with van der Waals surface area (Å²) in [5.74, 6) is 1.51. The average Bonchev–Trinajstić information content (AvgIpc) is 3.54. The maximum atomic E-state index is 13.1. The van der Waals surface area contributed by atoms with Gasteiger partial charge in [0.1, 0.15) is 0 Å². The first kappa shape index (κ1) is 22.7. The van der Waals surface area contributed by atoms with E-state index in [1.54, 1.807) is 36.4 Å². The first-order valence-electron chi connectivity index (χ1n) is 11.6. The minimum atomic E-state index is -3.82. The van der Waals surface area contributed by atoms with E-state index in [2.05, 4.69) is 20.3 Å². The van der Waals surface area contributed by atoms with Gasteiger partial charge in [-0.05, 0) is 86.5 Å². The van der Waals surface area contributed by atoms with Crippen LogP contribution in [0.5, 0.6) is 0 Å². The lowest BCUT2D eigenvalue weighted by atomic mass is 9.95. The molecule has 1 saturated heterocycles. The lowest BCUT2D eigenvalue weighted by molar-refractivity contribution is 0.392. The highest BCUT2D eigenvalue weighted by molar-refractivity contribution is 7.92. The van der Waals surface area contributed by atoms with Crippen molar-refractivity contribution in [2.24, 2.45) is 11.8 Å². The third kappa shape index (κ3) is 4.93. The molecule has 3 N–H and O–H groups in total. The number of para-hydroxylation sites is 1. The molecule has 0 amide bonds. The second kappa shape index (κ2) is 9.31. The number of halogens is 1. The quantitative estimate of drug-likeness (QED) is 0.469. The summed E-state index contributed by atoms with van der Waals surface area (Å²) in [5.41, 5.74) is 2.03. The van der Waals surface area contributed by atoms with Crippen LogP contribution >= 0.6 is 23.8 Å². The maximum Gasteiger partial charge on any atom is 0.262 e. The van der Waals surface area contributed by atoms with E-state index in [1.165, 1.54) is 25.7 Å². The topological polar surface area (TPSA) is 73.5 Å². The van der Waals surface area contributed by atoms with Crippen LogP contribution in [-0.4, -0.2) is 32.7 Å². The largest absolute Gasteiger partial charge is 0.370 e. The molecule has 3 fully saturated rings. The number of anilines is 3. The van der Waals surface area contributed by atoms with Crippen molar-refractivity contribution in [2.45, 2.75) is 49.5 Å². The zero-order valence-electron chi connectivity index (χ0n) is 18.4. The molecule has 2 aliphatic carbocycles. The Labute approximate surface area is 206 Å². The molecule has 0 radical (unpaired) electrons. The molecule has 2 saturated carbocycles. The molecule has 6 nitrogen and oxygen atoms in total. The molecule has 33 heavy (non-hydrogen) atoms. The van der Waals surface area contributed by atoms with Gasteiger partial charge in [0.15, 0.2) is 5.11 Å². The summed E-state index contributed by atoms with van der Waals surface area (Å²) in [6.07, 6.45) is 7.32. The van der Waals surface area contributed by atoms with Crippen LogP contribution in [0.15, 0.2) is 47.4 Å². The predicted octanol–water partition coefficient (Wildman–Crippen LogP) is 5.22. The normalized spacial score (nSPS) is 24.2. The summed E-state index contributed by atoms with van der Waals surface area (Å²) in [7, 11) is -3.82. The Kier molecular flexibility index (Phi) is 6.42. The van der Waals surface area contributed by atoms with Gasteiger partial charge in [-0.25, -0.2) is 8.42 Å². The SMILES string of the molecule is O=S(=O)(Nc1ccccc1Cl)c1ccc(N2CCCC2)c(NC(=S)N[C@@H]2C[C@H]3CC[C@H]2C3)c1. The highest BCUT2D eigenvalue weighted by atomic mass is 35.5. The van der Waals surface area contributed by atoms with Gasteiger partial charge >= 0.3 is 0 Å². The Bertz CT molecular complexity index is 1150. The summed E-state index contributed by atoms with van der Waals surface area (Å²) in [5, 5.41) is 7.73. The molecular weight excluding hydrogens is 476 g/mol. The van der Waals surface area contributed by atoms with E-state index in [4.69, 9.17) is 23.8 Å². The van der Waals surface area contributed by atoms with E-state index < -0.39 is 10.0 Å². The van der Waals surface area contributed by atoms with Crippen LogP contribution in [0.2, 0.25) is 5.02 Å². The third-order valence-corrected chi connectivity index (χ3v) is 9.06. The highest BCUT2D eigenvalue weighted by Crippen LogP contribution is 2.44. The van der Waals surface area contributed by atoms with E-state index in [0.29, 0.717) is 33.5 Å². The van der Waals surface area contributed by atoms with E-state index in [1.807, 2.05) is 6.07 Å². The summed E-state index contributed by atoms with van der Waals surface area (Å²) in [4.78, 5) is 2.44. The predicted molar refractivity (Wildman–Crippen MR) is 139 cm³/mol. The van der Waals surface area contributed by atoms with Crippen LogP contribution in [0.1, 0.15) is 38.5 Å². The van der Waals surface area contributed by atoms with Gasteiger partial charge in [0.25, 0.3) is 10.0 Å². The summed E-state index contributed by atoms with van der Waals surface area (Å²) in [6, 6.07) is 12.4. The summed E-state index contributed by atoms with van der Waals surface area (Å²) in [6.45, 7) is 1.90. The van der Waals surface area contributed by atoms with Gasteiger partial charge in [-0.1, -0.05) is 30.2 Å². The van der Waals surface area contributed by atoms with Crippen molar-refractivity contribution in [3.8, 4) is 0 Å². The Balaban J connectivity index is 1.39. The number of benzene rings is 2. The number of fused-ring (bicyclic) bond motifs is 2. The lowest BCUT2D eigenvalue weighted by Crippen LogP contribution is -2.41. The molecule has 5 rings (SSSR count). The number of nitrogens with one attached hydrogen (secondary N) is 3. The van der Waals surface area contributed by atoms with Crippen LogP contribution in [-0.2, 0) is 10.0 Å². The maximum absolute atomic E-state index is 13.1. The Hall–Kier alpha value is -2.03. The van der Waals surface area contributed by atoms with E-state index >= 15 is 0 Å². The molecule has 0 unspecified atom stereocenters. The van der Waals surface area contributed by atoms with Gasteiger partial charge < -0.3 is 15.5 Å². The molecule has 0 aromatic heterocycles. The van der Waals surface area contributed by atoms with Gasteiger partial charge in [0.05, 0.1) is 27.0 Å². The number of hydrogen-bond acceptors (Lipinski definition) is 4. The van der Waals surface area contributed by atoms with Crippen molar-refractivity contribution in [3.05, 3.63) is 47.5 Å². The molecule has 0 spiro atoms. The van der Waals surface area contributed by atoms with E-state index in [9.17, 15) is 8.42 Å². The Morgan fingerprint density at radius 1 is 1.03 bits per heavy atom. The van der Waals surface area contributed by atoms with Crippen molar-refractivity contribution >= 4 is 56.0 Å². The van der Waals surface area contributed by atoms with Gasteiger partial charge in [-0.15, -0.1) is 0 Å². The Morgan fingerprint density at radius 2 is 1.82 bits per heavy atom. The van der Waals surface area contributed by atoms with Gasteiger partial charge in [-0.3, -0.25) is 4.72 Å². The molecule has 176 valence electrons. The van der Waals surface area contributed by atoms with Crippen molar-refractivity contribution in [3.63, 3.8) is 0 Å². The molecule has 3 atom stereocenters. The third-order valence-electron chi connectivity index (χ3n) is 7.15. The minimum Gasteiger partial charge on any atom is -0.370 e. The van der Waals surface area contributed by atoms with Crippen molar-refractivity contribution in [1.29, 1.82) is 0 Å². The first-order chi connectivity index (χ1) is 15.9. The van der Waals surface area contributed by atoms with Crippen molar-refractivity contribution in [2.75, 3.05) is 28.0 Å². The second-order valence-corrected chi connectivity index (χ2v) is 11.8. The molecule has 1 heterocycles. The van der Waals surface area contributed by atoms with Crippen molar-refractivity contribution in [1.82, 2.24) is 5.32 Å². The highest BCUT2D eigenvalue weighted by Gasteiger charge is 2.39. The molecule has 9 heteroatoms. The molecule has 1 aliphatic heterocycles. The Morgan fingerprint density at radius 3 is 2.52 bits per heavy atom. The van der Waals surface area contributed by atoms with Crippen molar-refractivity contribution < 1.29 is 8.42 Å². The average molecular weight is 505 g/mol. The zero-order valence-corrected chi connectivity index (χ0v) is 20.8. The van der Waals surface area contributed by atoms with E-state index in [0.717, 1.165) is 37.5 Å².